The summed E-state index contributed by atoms with van der Waals surface area (Å²) in [5.74, 6) is 0. The van der Waals surface area contributed by atoms with Gasteiger partial charge < -0.3 is 5.32 Å². The molecule has 0 fully saturated rings. The van der Waals surface area contributed by atoms with Crippen LogP contribution in [0.1, 0.15) is 22.3 Å². The fraction of sp³-hybridized carbons (Fsp3) is 0.267. The second kappa shape index (κ2) is 5.53. The molecule has 20 heavy (non-hydrogen) atoms. The van der Waals surface area contributed by atoms with Gasteiger partial charge in [-0.25, -0.2) is 0 Å². The summed E-state index contributed by atoms with van der Waals surface area (Å²) in [6, 6.07) is 5.65. The van der Waals surface area contributed by atoms with Gasteiger partial charge in [-0.15, -0.1) is 0 Å². The number of aryl methyl sites for hydroxylation is 2. The number of hydrogen-bond donors (Lipinski definition) is 1. The minimum absolute atomic E-state index is 0.441. The smallest absolute Gasteiger partial charge is 0.381 e. The lowest BCUT2D eigenvalue weighted by atomic mass is 10.1. The molecule has 0 radical (unpaired) electrons. The molecule has 0 atom stereocenters. The summed E-state index contributed by atoms with van der Waals surface area (Å²) in [5.41, 5.74) is 2.57. The third-order valence-corrected chi connectivity index (χ3v) is 2.98. The van der Waals surface area contributed by atoms with Crippen LogP contribution < -0.4 is 5.32 Å². The van der Waals surface area contributed by atoms with E-state index in [9.17, 15) is 13.2 Å². The van der Waals surface area contributed by atoms with Crippen molar-refractivity contribution in [1.82, 2.24) is 4.98 Å². The van der Waals surface area contributed by atoms with Gasteiger partial charge in [0.2, 0.25) is 0 Å². The van der Waals surface area contributed by atoms with Gasteiger partial charge >= 0.3 is 6.18 Å². The number of rotatable bonds is 3. The maximum atomic E-state index is 12.7. The standard InChI is InChI=1S/C15H15F3N2/c1-10-5-12(8-19-7-10)9-20-14-6-13(15(16,17)18)4-3-11(14)2/h3-8,20H,9H2,1-2H3. The van der Waals surface area contributed by atoms with Crippen molar-refractivity contribution in [3.8, 4) is 0 Å². The van der Waals surface area contributed by atoms with Crippen molar-refractivity contribution in [2.24, 2.45) is 0 Å². The van der Waals surface area contributed by atoms with Gasteiger partial charge in [-0.3, -0.25) is 4.98 Å². The first-order valence-corrected chi connectivity index (χ1v) is 6.18. The Bertz CT molecular complexity index is 606. The number of halogens is 3. The lowest BCUT2D eigenvalue weighted by molar-refractivity contribution is -0.137. The van der Waals surface area contributed by atoms with Gasteiger partial charge in [0.15, 0.2) is 0 Å². The van der Waals surface area contributed by atoms with E-state index in [0.29, 0.717) is 12.2 Å². The number of alkyl halides is 3. The molecule has 0 aliphatic heterocycles. The molecule has 0 amide bonds. The van der Waals surface area contributed by atoms with Crippen LogP contribution in [-0.2, 0) is 12.7 Å². The lowest BCUT2D eigenvalue weighted by Gasteiger charge is -2.13. The predicted octanol–water partition coefficient (Wildman–Crippen LogP) is 4.33. The van der Waals surface area contributed by atoms with Crippen LogP contribution in [0.4, 0.5) is 18.9 Å². The van der Waals surface area contributed by atoms with E-state index in [0.717, 1.165) is 28.8 Å². The third-order valence-electron chi connectivity index (χ3n) is 2.98. The fourth-order valence-electron chi connectivity index (χ4n) is 1.90. The zero-order valence-corrected chi connectivity index (χ0v) is 11.3. The highest BCUT2D eigenvalue weighted by Crippen LogP contribution is 2.32. The Balaban J connectivity index is 2.17. The van der Waals surface area contributed by atoms with Crippen LogP contribution >= 0.6 is 0 Å². The SMILES string of the molecule is Cc1cncc(CNc2cc(C(F)(F)F)ccc2C)c1. The Hall–Kier alpha value is -2.04. The van der Waals surface area contributed by atoms with E-state index in [-0.39, 0.29) is 0 Å². The maximum absolute atomic E-state index is 12.7. The van der Waals surface area contributed by atoms with E-state index in [1.54, 1.807) is 19.3 Å². The molecule has 0 spiro atoms. The summed E-state index contributed by atoms with van der Waals surface area (Å²) in [6.07, 6.45) is -0.892. The normalized spacial score (nSPS) is 11.4. The highest BCUT2D eigenvalue weighted by Gasteiger charge is 2.30. The summed E-state index contributed by atoms with van der Waals surface area (Å²) < 4.78 is 38.0. The first kappa shape index (κ1) is 14.4. The Morgan fingerprint density at radius 3 is 2.50 bits per heavy atom. The number of hydrogen-bond acceptors (Lipinski definition) is 2. The van der Waals surface area contributed by atoms with Crippen molar-refractivity contribution in [1.29, 1.82) is 0 Å². The number of aromatic nitrogens is 1. The van der Waals surface area contributed by atoms with E-state index < -0.39 is 11.7 Å². The molecular weight excluding hydrogens is 265 g/mol. The van der Waals surface area contributed by atoms with Crippen molar-refractivity contribution < 1.29 is 13.2 Å². The molecular formula is C15H15F3N2. The van der Waals surface area contributed by atoms with Gasteiger partial charge in [0, 0.05) is 24.6 Å². The molecule has 1 N–H and O–H groups in total. The average molecular weight is 280 g/mol. The van der Waals surface area contributed by atoms with Crippen molar-refractivity contribution in [2.75, 3.05) is 5.32 Å². The molecule has 0 unspecified atom stereocenters. The highest BCUT2D eigenvalue weighted by atomic mass is 19.4. The topological polar surface area (TPSA) is 24.9 Å². The van der Waals surface area contributed by atoms with Crippen LogP contribution in [0.5, 0.6) is 0 Å². The molecule has 1 heterocycles. The van der Waals surface area contributed by atoms with Crippen LogP contribution in [0.3, 0.4) is 0 Å². The van der Waals surface area contributed by atoms with Crippen LogP contribution in [-0.4, -0.2) is 4.98 Å². The quantitative estimate of drug-likeness (QED) is 0.905. The van der Waals surface area contributed by atoms with Gasteiger partial charge in [-0.05, 0) is 42.7 Å². The summed E-state index contributed by atoms with van der Waals surface area (Å²) in [5, 5.41) is 3.03. The minimum atomic E-state index is -4.32. The molecule has 2 rings (SSSR count). The zero-order valence-electron chi connectivity index (χ0n) is 11.3. The van der Waals surface area contributed by atoms with Crippen molar-refractivity contribution in [3.63, 3.8) is 0 Å². The summed E-state index contributed by atoms with van der Waals surface area (Å²) in [6.45, 7) is 4.14. The molecule has 0 saturated heterocycles. The Labute approximate surface area is 115 Å². The van der Waals surface area contributed by atoms with Gasteiger partial charge in [-0.1, -0.05) is 12.1 Å². The van der Waals surface area contributed by atoms with E-state index in [1.165, 1.54) is 6.07 Å². The number of nitrogens with zero attached hydrogens (tertiary/aromatic N) is 1. The molecule has 1 aromatic carbocycles. The fourth-order valence-corrected chi connectivity index (χ4v) is 1.90. The molecule has 106 valence electrons. The van der Waals surface area contributed by atoms with Crippen LogP contribution in [0, 0.1) is 13.8 Å². The minimum Gasteiger partial charge on any atom is -0.381 e. The maximum Gasteiger partial charge on any atom is 0.416 e. The molecule has 2 nitrogen and oxygen atoms in total. The number of anilines is 1. The van der Waals surface area contributed by atoms with Crippen LogP contribution in [0.25, 0.3) is 0 Å². The molecule has 0 bridgehead atoms. The van der Waals surface area contributed by atoms with Crippen molar-refractivity contribution in [3.05, 3.63) is 58.9 Å². The second-order valence-corrected chi connectivity index (χ2v) is 4.75. The Morgan fingerprint density at radius 1 is 1.10 bits per heavy atom. The largest absolute Gasteiger partial charge is 0.416 e. The molecule has 0 saturated carbocycles. The third kappa shape index (κ3) is 3.50. The number of benzene rings is 1. The lowest BCUT2D eigenvalue weighted by Crippen LogP contribution is -2.07. The molecule has 0 aliphatic carbocycles. The van der Waals surface area contributed by atoms with E-state index in [2.05, 4.69) is 10.3 Å². The van der Waals surface area contributed by atoms with Gasteiger partial charge in [0.1, 0.15) is 0 Å². The van der Waals surface area contributed by atoms with Gasteiger partial charge in [0.25, 0.3) is 0 Å². The van der Waals surface area contributed by atoms with Crippen molar-refractivity contribution >= 4 is 5.69 Å². The van der Waals surface area contributed by atoms with Gasteiger partial charge in [0.05, 0.1) is 5.56 Å². The predicted molar refractivity (Wildman–Crippen MR) is 72.5 cm³/mol. The zero-order chi connectivity index (χ0) is 14.8. The average Bonchev–Trinajstić information content (AvgIpc) is 2.36. The van der Waals surface area contributed by atoms with E-state index in [4.69, 9.17) is 0 Å². The Morgan fingerprint density at radius 2 is 1.85 bits per heavy atom. The first-order chi connectivity index (χ1) is 9.36. The van der Waals surface area contributed by atoms with E-state index >= 15 is 0 Å². The summed E-state index contributed by atoms with van der Waals surface area (Å²) in [7, 11) is 0. The molecule has 5 heteroatoms. The number of nitrogens with one attached hydrogen (secondary N) is 1. The Kier molecular flexibility index (Phi) is 3.97. The monoisotopic (exact) mass is 280 g/mol. The molecule has 0 aliphatic rings. The van der Waals surface area contributed by atoms with Crippen LogP contribution in [0.2, 0.25) is 0 Å². The summed E-state index contributed by atoms with van der Waals surface area (Å²) >= 11 is 0. The highest BCUT2D eigenvalue weighted by molar-refractivity contribution is 5.53. The van der Waals surface area contributed by atoms with Crippen molar-refractivity contribution in [2.45, 2.75) is 26.6 Å². The molecule has 2 aromatic rings. The molecule has 1 aromatic heterocycles. The second-order valence-electron chi connectivity index (χ2n) is 4.75. The van der Waals surface area contributed by atoms with Gasteiger partial charge in [-0.2, -0.15) is 13.2 Å². The van der Waals surface area contributed by atoms with Crippen LogP contribution in [0.15, 0.2) is 36.7 Å². The van der Waals surface area contributed by atoms with E-state index in [1.807, 2.05) is 13.0 Å². The summed E-state index contributed by atoms with van der Waals surface area (Å²) in [4.78, 5) is 4.06. The first-order valence-electron chi connectivity index (χ1n) is 6.18. The number of pyridine rings is 1.